The van der Waals surface area contributed by atoms with Crippen LogP contribution in [0, 0.1) is 0 Å². The smallest absolute Gasteiger partial charge is 0.546 e. The van der Waals surface area contributed by atoms with Gasteiger partial charge in [0.15, 0.2) is 35.9 Å². The number of rotatable bonds is 13. The summed E-state index contributed by atoms with van der Waals surface area (Å²) in [5.41, 5.74) is 5.56. The van der Waals surface area contributed by atoms with Crippen molar-refractivity contribution in [3.05, 3.63) is 82.8 Å². The molecule has 2 aromatic heterocycles. The number of nitrogens with zero attached hydrogens (tertiary/aromatic N) is 4. The number of hydrogen-bond acceptors (Lipinski definition) is 15. The van der Waals surface area contributed by atoms with Crippen molar-refractivity contribution < 1.29 is 108 Å². The summed E-state index contributed by atoms with van der Waals surface area (Å²) in [6.45, 7) is -0.316. The van der Waals surface area contributed by atoms with Gasteiger partial charge in [0, 0.05) is 39.5 Å². The number of nitrogens with two attached hydrogens (primary N) is 1. The summed E-state index contributed by atoms with van der Waals surface area (Å²) in [6, 6.07) is 9.97. The van der Waals surface area contributed by atoms with Crippen LogP contribution in [0.1, 0.15) is 17.4 Å². The van der Waals surface area contributed by atoms with Crippen LogP contribution in [0.2, 0.25) is 0 Å². The molecule has 0 spiro atoms. The molecule has 1 aromatic carbocycles. The molecule has 4 heterocycles. The van der Waals surface area contributed by atoms with Crippen LogP contribution in [0.4, 0.5) is 5.13 Å². The number of pyridine rings is 1. The van der Waals surface area contributed by atoms with Crippen molar-refractivity contribution in [3.8, 4) is 0 Å². The summed E-state index contributed by atoms with van der Waals surface area (Å²) in [5, 5.41) is 41.7. The number of carboxylic acid groups (broad SMARTS) is 3. The summed E-state index contributed by atoms with van der Waals surface area (Å²) in [5.74, 6) is -5.63. The number of carbonyl (C=O) groups excluding carboxylic acids is 5. The third-order valence-electron chi connectivity index (χ3n) is 6.66. The molecule has 5 rings (SSSR count). The third-order valence-corrected chi connectivity index (χ3v) is 9.77. The number of thiazole rings is 1. The van der Waals surface area contributed by atoms with Crippen LogP contribution in [-0.4, -0.2) is 68.2 Å². The van der Waals surface area contributed by atoms with Gasteiger partial charge in [-0.25, -0.2) is 4.98 Å². The van der Waals surface area contributed by atoms with Gasteiger partial charge < -0.3 is 45.6 Å². The van der Waals surface area contributed by atoms with Gasteiger partial charge >= 0.3 is 59.1 Å². The number of oxime groups is 1. The van der Waals surface area contributed by atoms with Crippen molar-refractivity contribution in [1.82, 2.24) is 15.2 Å². The second-order valence-corrected chi connectivity index (χ2v) is 12.7. The SMILES string of the molecule is Nc1nc(C(=NOC(C(=O)[O-])c2ccccc2)C(=O)NC2C(=O)N3C(C(=O)[O-])=C(CSc4cc[n+](CC(=O)[O-])cc4)CS[C@H]23)cs1.[Na+].[Na+]. The number of amides is 2. The molecule has 2 amide bonds. The number of hydrogen-bond donors (Lipinski definition) is 2. The molecule has 20 heteroatoms. The van der Waals surface area contributed by atoms with E-state index in [4.69, 9.17) is 10.6 Å². The first-order valence-electron chi connectivity index (χ1n) is 13.2. The Kier molecular flexibility index (Phi) is 14.5. The fraction of sp³-hybridized carbons (Fsp3) is 0.214. The molecule has 2 aliphatic rings. The van der Waals surface area contributed by atoms with E-state index in [0.717, 1.165) is 21.1 Å². The fourth-order valence-corrected chi connectivity index (χ4v) is 7.45. The van der Waals surface area contributed by atoms with Crippen LogP contribution in [0.15, 0.2) is 81.6 Å². The number of benzene rings is 1. The minimum absolute atomic E-state index is 0. The molecule has 48 heavy (non-hydrogen) atoms. The molecule has 3 aromatic rings. The van der Waals surface area contributed by atoms with E-state index < -0.39 is 53.0 Å². The summed E-state index contributed by atoms with van der Waals surface area (Å²) in [4.78, 5) is 72.3. The Hall–Kier alpha value is -2.94. The summed E-state index contributed by atoms with van der Waals surface area (Å²) < 4.78 is 1.41. The number of anilines is 1. The zero-order valence-corrected chi connectivity index (χ0v) is 31.8. The molecule has 1 fully saturated rings. The standard InChI is InChI=1S/C28H24N6O9S3.2Na/c29-28-30-17(13-46-28)19(32-43-22(27(41)42)14-4-2-1-3-5-14)23(37)31-20-24(38)34-21(26(39)40)15(12-45-25(20)34)11-44-16-6-8-33(9-7-16)10-18(35)36;;/h1-9,13,20,22,25H,10-12H2,(H5-,29,30,31,35,36,37,39,40,41,42);;/q;2*+1/p-2/t20?,22?,25-;;/m1../s1. The first-order chi connectivity index (χ1) is 22.0. The number of aliphatic carboxylic acids is 3. The van der Waals surface area contributed by atoms with E-state index >= 15 is 0 Å². The van der Waals surface area contributed by atoms with Crippen LogP contribution in [0.5, 0.6) is 0 Å². The molecular weight excluding hydrogens is 707 g/mol. The monoisotopic (exact) mass is 728 g/mol. The van der Waals surface area contributed by atoms with Gasteiger partial charge in [0.1, 0.15) is 23.1 Å². The zero-order chi connectivity index (χ0) is 33.0. The van der Waals surface area contributed by atoms with Crippen molar-refractivity contribution in [2.75, 3.05) is 17.2 Å². The third kappa shape index (κ3) is 9.19. The van der Waals surface area contributed by atoms with E-state index in [0.29, 0.717) is 5.57 Å². The Morgan fingerprint density at radius 2 is 1.81 bits per heavy atom. The van der Waals surface area contributed by atoms with Gasteiger partial charge in [0.2, 0.25) is 0 Å². The minimum atomic E-state index is -1.67. The number of thioether (sulfide) groups is 2. The molecule has 3 atom stereocenters. The summed E-state index contributed by atoms with van der Waals surface area (Å²) in [6.07, 6.45) is 1.43. The molecule has 2 unspecified atom stereocenters. The molecule has 1 saturated heterocycles. The van der Waals surface area contributed by atoms with Gasteiger partial charge in [-0.2, -0.15) is 4.57 Å². The van der Waals surface area contributed by atoms with Crippen molar-refractivity contribution in [2.24, 2.45) is 5.16 Å². The Labute approximate surface area is 329 Å². The van der Waals surface area contributed by atoms with Crippen molar-refractivity contribution in [2.45, 2.75) is 29.0 Å². The van der Waals surface area contributed by atoms with Crippen LogP contribution in [-0.2, 0) is 35.4 Å². The second-order valence-electron chi connectivity index (χ2n) is 9.69. The molecule has 0 bridgehead atoms. The normalized spacial score (nSPS) is 17.5. The summed E-state index contributed by atoms with van der Waals surface area (Å²) >= 11 is 3.51. The van der Waals surface area contributed by atoms with Gasteiger partial charge in [-0.15, -0.1) is 34.9 Å². The molecule has 15 nitrogen and oxygen atoms in total. The Bertz CT molecular complexity index is 1760. The van der Waals surface area contributed by atoms with Crippen molar-refractivity contribution >= 4 is 75.4 Å². The number of fused-ring (bicyclic) bond motifs is 1. The number of carbonyl (C=O) groups is 5. The number of nitrogen functional groups attached to an aromatic ring is 1. The van der Waals surface area contributed by atoms with E-state index in [1.165, 1.54) is 45.6 Å². The maximum Gasteiger partial charge on any atom is 1.00 e. The predicted molar refractivity (Wildman–Crippen MR) is 158 cm³/mol. The zero-order valence-electron chi connectivity index (χ0n) is 25.4. The maximum atomic E-state index is 13.4. The first-order valence-corrected chi connectivity index (χ1v) is 16.2. The van der Waals surface area contributed by atoms with Crippen molar-refractivity contribution in [1.29, 1.82) is 0 Å². The van der Waals surface area contributed by atoms with Gasteiger partial charge in [-0.05, 0) is 5.57 Å². The number of carboxylic acids is 3. The van der Waals surface area contributed by atoms with Gasteiger partial charge in [-0.1, -0.05) is 35.5 Å². The quantitative estimate of drug-likeness (QED) is 0.0416. The van der Waals surface area contributed by atoms with Crippen molar-refractivity contribution in [3.63, 3.8) is 0 Å². The Morgan fingerprint density at radius 1 is 1.12 bits per heavy atom. The van der Waals surface area contributed by atoms with Crippen LogP contribution < -0.4 is 90.1 Å². The van der Waals surface area contributed by atoms with Crippen LogP contribution in [0.3, 0.4) is 0 Å². The second kappa shape index (κ2) is 17.6. The molecule has 3 N–H and O–H groups in total. The molecule has 2 aliphatic heterocycles. The van der Waals surface area contributed by atoms with E-state index in [-0.39, 0.29) is 99.3 Å². The average molecular weight is 729 g/mol. The van der Waals surface area contributed by atoms with E-state index in [2.05, 4.69) is 15.5 Å². The van der Waals surface area contributed by atoms with E-state index in [1.54, 1.807) is 42.7 Å². The molecule has 0 aliphatic carbocycles. The van der Waals surface area contributed by atoms with E-state index in [1.807, 2.05) is 0 Å². The molecule has 238 valence electrons. The molecule has 0 radical (unpaired) electrons. The Morgan fingerprint density at radius 3 is 2.40 bits per heavy atom. The van der Waals surface area contributed by atoms with Gasteiger partial charge in [0.05, 0.1) is 17.6 Å². The largest absolute Gasteiger partial charge is 1.00 e. The summed E-state index contributed by atoms with van der Waals surface area (Å²) in [7, 11) is 0. The average Bonchev–Trinajstić information content (AvgIpc) is 3.46. The fourth-order valence-electron chi connectivity index (χ4n) is 4.53. The van der Waals surface area contributed by atoms with E-state index in [9.17, 15) is 39.3 Å². The maximum absolute atomic E-state index is 13.4. The number of aromatic nitrogens is 2. The van der Waals surface area contributed by atoms with Gasteiger partial charge in [0.25, 0.3) is 11.8 Å². The minimum Gasteiger partial charge on any atom is -0.546 e. The predicted octanol–water partition coefficient (Wildman–Crippen LogP) is -8.82. The number of nitrogens with one attached hydrogen (secondary N) is 1. The van der Waals surface area contributed by atoms with Crippen LogP contribution in [0.25, 0.3) is 0 Å². The first kappa shape index (κ1) is 39.5. The topological polar surface area (TPSA) is 234 Å². The number of β-lactam (4-membered cyclic amide) rings is 1. The van der Waals surface area contributed by atoms with Gasteiger partial charge in [-0.3, -0.25) is 14.5 Å². The molecule has 0 saturated carbocycles. The molecular formula is C28H22N6Na2O9S3. The van der Waals surface area contributed by atoms with Crippen LogP contribution >= 0.6 is 34.9 Å². The Balaban J connectivity index is 0.00000312.